The van der Waals surface area contributed by atoms with Crippen molar-refractivity contribution >= 4 is 29.1 Å². The number of nitrogens with zero attached hydrogens (tertiary/aromatic N) is 1. The first-order valence-electron chi connectivity index (χ1n) is 8.00. The number of aryl methyl sites for hydroxylation is 1. The fraction of sp³-hybridized carbons (Fsp3) is 0.200. The fourth-order valence-corrected chi connectivity index (χ4v) is 3.70. The third-order valence-corrected chi connectivity index (χ3v) is 5.39. The highest BCUT2D eigenvalue weighted by atomic mass is 32.2. The average molecular weight is 383 g/mol. The summed E-state index contributed by atoms with van der Waals surface area (Å²) in [6.07, 6.45) is 0.630. The molecular weight excluding hydrogens is 366 g/mol. The van der Waals surface area contributed by atoms with Gasteiger partial charge < -0.3 is 9.52 Å². The van der Waals surface area contributed by atoms with E-state index in [1.54, 1.807) is 11.3 Å². The lowest BCUT2D eigenvalue weighted by molar-refractivity contribution is -0.133. The molecular formula is C20H17NO3S2. The molecule has 0 aliphatic carbocycles. The number of aliphatic carboxylic acids is 1. The first-order valence-corrected chi connectivity index (χ1v) is 9.98. The lowest BCUT2D eigenvalue weighted by Gasteiger charge is -1.95. The van der Waals surface area contributed by atoms with E-state index >= 15 is 0 Å². The van der Waals surface area contributed by atoms with Crippen LogP contribution in [0.4, 0.5) is 0 Å². The van der Waals surface area contributed by atoms with E-state index in [1.165, 1.54) is 16.6 Å². The average Bonchev–Trinajstić information content (AvgIpc) is 3.22. The largest absolute Gasteiger partial charge is 0.481 e. The standard InChI is InChI=1S/C20H17NO3S2/c1-14-18(21-20(26-14)15-6-3-2-4-7-15)12-17-10-9-16(24-17)8-5-11-25-13-19(22)23/h2-4,6-7,9-10H,11-13H2,1H3,(H,22,23). The van der Waals surface area contributed by atoms with Gasteiger partial charge in [-0.15, -0.1) is 23.1 Å². The van der Waals surface area contributed by atoms with Gasteiger partial charge in [-0.3, -0.25) is 4.79 Å². The fourth-order valence-electron chi connectivity index (χ4n) is 2.31. The van der Waals surface area contributed by atoms with Gasteiger partial charge in [0, 0.05) is 16.9 Å². The molecule has 1 aromatic carbocycles. The summed E-state index contributed by atoms with van der Waals surface area (Å²) in [5.74, 6) is 6.94. The third kappa shape index (κ3) is 5.01. The van der Waals surface area contributed by atoms with E-state index in [1.807, 2.05) is 30.3 Å². The van der Waals surface area contributed by atoms with Crippen LogP contribution in [0.3, 0.4) is 0 Å². The van der Waals surface area contributed by atoms with Gasteiger partial charge in [0.2, 0.25) is 0 Å². The van der Waals surface area contributed by atoms with E-state index in [0.29, 0.717) is 17.9 Å². The van der Waals surface area contributed by atoms with Gasteiger partial charge in [-0.2, -0.15) is 0 Å². The molecule has 1 N–H and O–H groups in total. The van der Waals surface area contributed by atoms with Crippen LogP contribution in [-0.4, -0.2) is 27.6 Å². The number of thiazole rings is 1. The Morgan fingerprint density at radius 3 is 2.85 bits per heavy atom. The normalized spacial score (nSPS) is 10.3. The lowest BCUT2D eigenvalue weighted by Crippen LogP contribution is -1.97. The quantitative estimate of drug-likeness (QED) is 0.502. The van der Waals surface area contributed by atoms with Crippen LogP contribution in [0.1, 0.15) is 22.1 Å². The maximum Gasteiger partial charge on any atom is 0.313 e. The minimum absolute atomic E-state index is 0.0605. The van der Waals surface area contributed by atoms with E-state index in [-0.39, 0.29) is 5.75 Å². The number of furan rings is 1. The second-order valence-corrected chi connectivity index (χ2v) is 7.71. The second-order valence-electron chi connectivity index (χ2n) is 5.52. The number of carboxylic acids is 1. The third-order valence-electron chi connectivity index (χ3n) is 3.53. The van der Waals surface area contributed by atoms with Gasteiger partial charge >= 0.3 is 5.97 Å². The Bertz CT molecular complexity index is 948. The molecule has 0 unspecified atom stereocenters. The number of hydrogen-bond acceptors (Lipinski definition) is 5. The number of aromatic nitrogens is 1. The number of rotatable bonds is 6. The van der Waals surface area contributed by atoms with E-state index < -0.39 is 5.97 Å². The van der Waals surface area contributed by atoms with Crippen molar-refractivity contribution in [3.05, 3.63) is 64.6 Å². The monoisotopic (exact) mass is 383 g/mol. The Balaban J connectivity index is 1.64. The van der Waals surface area contributed by atoms with Crippen molar-refractivity contribution in [2.24, 2.45) is 0 Å². The molecule has 0 fully saturated rings. The number of benzene rings is 1. The van der Waals surface area contributed by atoms with Gasteiger partial charge in [-0.05, 0) is 25.0 Å². The molecule has 0 aliphatic rings. The van der Waals surface area contributed by atoms with Gasteiger partial charge in [-0.25, -0.2) is 4.98 Å². The summed E-state index contributed by atoms with van der Waals surface area (Å²) in [6.45, 7) is 2.07. The molecule has 4 nitrogen and oxygen atoms in total. The molecule has 3 aromatic rings. The molecule has 26 heavy (non-hydrogen) atoms. The number of carboxylic acid groups (broad SMARTS) is 1. The van der Waals surface area contributed by atoms with E-state index in [9.17, 15) is 4.79 Å². The Morgan fingerprint density at radius 2 is 2.08 bits per heavy atom. The van der Waals surface area contributed by atoms with Gasteiger partial charge in [0.1, 0.15) is 10.8 Å². The van der Waals surface area contributed by atoms with Crippen LogP contribution < -0.4 is 0 Å². The topological polar surface area (TPSA) is 63.3 Å². The highest BCUT2D eigenvalue weighted by molar-refractivity contribution is 8.00. The molecule has 2 aromatic heterocycles. The number of thioether (sulfide) groups is 1. The Kier molecular flexibility index (Phi) is 6.16. The van der Waals surface area contributed by atoms with Crippen molar-refractivity contribution in [3.8, 4) is 22.4 Å². The maximum atomic E-state index is 10.4. The minimum atomic E-state index is -0.828. The summed E-state index contributed by atoms with van der Waals surface area (Å²) in [6, 6.07) is 13.9. The lowest BCUT2D eigenvalue weighted by atomic mass is 10.2. The molecule has 132 valence electrons. The zero-order valence-corrected chi connectivity index (χ0v) is 15.8. The van der Waals surface area contributed by atoms with Crippen LogP contribution in [0.15, 0.2) is 46.9 Å². The van der Waals surface area contributed by atoms with Crippen molar-refractivity contribution in [2.45, 2.75) is 13.3 Å². The molecule has 0 atom stereocenters. The van der Waals surface area contributed by atoms with Gasteiger partial charge in [0.25, 0.3) is 0 Å². The first kappa shape index (κ1) is 18.3. The van der Waals surface area contributed by atoms with Crippen molar-refractivity contribution < 1.29 is 14.3 Å². The summed E-state index contributed by atoms with van der Waals surface area (Å²) in [5, 5.41) is 9.59. The molecule has 2 heterocycles. The highest BCUT2D eigenvalue weighted by Crippen LogP contribution is 2.28. The van der Waals surface area contributed by atoms with Crippen LogP contribution in [0, 0.1) is 18.8 Å². The summed E-state index contributed by atoms with van der Waals surface area (Å²) < 4.78 is 5.75. The summed E-state index contributed by atoms with van der Waals surface area (Å²) in [7, 11) is 0. The van der Waals surface area contributed by atoms with E-state index in [2.05, 4.69) is 30.9 Å². The Hall–Kier alpha value is -2.49. The molecule has 0 saturated carbocycles. The molecule has 0 radical (unpaired) electrons. The van der Waals surface area contributed by atoms with Crippen molar-refractivity contribution in [1.82, 2.24) is 4.98 Å². The number of carbonyl (C=O) groups is 1. The molecule has 0 bridgehead atoms. The second kappa shape index (κ2) is 8.75. The molecule has 0 saturated heterocycles. The van der Waals surface area contributed by atoms with Crippen LogP contribution in [0.2, 0.25) is 0 Å². The van der Waals surface area contributed by atoms with Gasteiger partial charge in [-0.1, -0.05) is 36.3 Å². The minimum Gasteiger partial charge on any atom is -0.481 e. The molecule has 0 amide bonds. The smallest absolute Gasteiger partial charge is 0.313 e. The van der Waals surface area contributed by atoms with E-state index in [0.717, 1.165) is 22.0 Å². The van der Waals surface area contributed by atoms with Crippen molar-refractivity contribution in [2.75, 3.05) is 11.5 Å². The van der Waals surface area contributed by atoms with Crippen LogP contribution >= 0.6 is 23.1 Å². The zero-order chi connectivity index (χ0) is 18.4. The van der Waals surface area contributed by atoms with Crippen LogP contribution in [-0.2, 0) is 11.2 Å². The molecule has 3 rings (SSSR count). The van der Waals surface area contributed by atoms with Crippen molar-refractivity contribution in [1.29, 1.82) is 0 Å². The zero-order valence-electron chi connectivity index (χ0n) is 14.2. The molecule has 0 spiro atoms. The Labute approximate surface area is 160 Å². The van der Waals surface area contributed by atoms with Gasteiger partial charge in [0.05, 0.1) is 17.2 Å². The summed E-state index contributed by atoms with van der Waals surface area (Å²) in [4.78, 5) is 16.4. The van der Waals surface area contributed by atoms with Crippen molar-refractivity contribution in [3.63, 3.8) is 0 Å². The Morgan fingerprint density at radius 1 is 1.27 bits per heavy atom. The SMILES string of the molecule is Cc1sc(-c2ccccc2)nc1Cc1ccc(C#CCSCC(=O)O)o1. The highest BCUT2D eigenvalue weighted by Gasteiger charge is 2.11. The predicted molar refractivity (Wildman–Crippen MR) is 106 cm³/mol. The predicted octanol–water partition coefficient (Wildman–Crippen LogP) is 4.47. The van der Waals surface area contributed by atoms with Gasteiger partial charge in [0.15, 0.2) is 5.76 Å². The summed E-state index contributed by atoms with van der Waals surface area (Å²) >= 11 is 2.95. The number of hydrogen-bond donors (Lipinski definition) is 1. The summed E-state index contributed by atoms with van der Waals surface area (Å²) in [5.41, 5.74) is 2.14. The maximum absolute atomic E-state index is 10.4. The molecule has 6 heteroatoms. The first-order chi connectivity index (χ1) is 12.6. The van der Waals surface area contributed by atoms with Crippen LogP contribution in [0.5, 0.6) is 0 Å². The van der Waals surface area contributed by atoms with Crippen LogP contribution in [0.25, 0.3) is 10.6 Å². The molecule has 0 aliphatic heterocycles. The van der Waals surface area contributed by atoms with E-state index in [4.69, 9.17) is 14.5 Å².